The molecule has 3 aromatic rings. The van der Waals surface area contributed by atoms with Crippen molar-refractivity contribution in [3.63, 3.8) is 0 Å². The zero-order valence-corrected chi connectivity index (χ0v) is 20.7. The highest BCUT2D eigenvalue weighted by atomic mass is 16.5. The summed E-state index contributed by atoms with van der Waals surface area (Å²) in [6.07, 6.45) is 1.89. The number of amides is 1. The lowest BCUT2D eigenvalue weighted by molar-refractivity contribution is -0.136. The van der Waals surface area contributed by atoms with Crippen LogP contribution in [-0.4, -0.2) is 77.2 Å². The molecule has 1 atom stereocenters. The molecule has 5 rings (SSSR count). The van der Waals surface area contributed by atoms with Crippen molar-refractivity contribution in [3.8, 4) is 11.6 Å². The Morgan fingerprint density at radius 1 is 0.943 bits per heavy atom. The molecule has 0 radical (unpaired) electrons. The first-order valence-electron chi connectivity index (χ1n) is 12.3. The molecule has 2 aromatic heterocycles. The van der Waals surface area contributed by atoms with Gasteiger partial charge < -0.3 is 19.4 Å². The van der Waals surface area contributed by atoms with E-state index in [0.29, 0.717) is 12.4 Å². The summed E-state index contributed by atoms with van der Waals surface area (Å²) in [5.74, 6) is 2.63. The van der Waals surface area contributed by atoms with Gasteiger partial charge in [0, 0.05) is 45.0 Å². The number of anilines is 2. The number of aryl methyl sites for hydroxylation is 2. The number of aromatic nitrogens is 4. The van der Waals surface area contributed by atoms with Gasteiger partial charge in [0.25, 0.3) is 0 Å². The van der Waals surface area contributed by atoms with Gasteiger partial charge in [-0.2, -0.15) is 5.10 Å². The van der Waals surface area contributed by atoms with Crippen LogP contribution in [0.5, 0.6) is 5.75 Å². The maximum Gasteiger partial charge on any atom is 0.227 e. The topological polar surface area (TPSA) is 79.6 Å². The monoisotopic (exact) mass is 475 g/mol. The number of piperidine rings is 1. The normalized spacial score (nSPS) is 18.6. The summed E-state index contributed by atoms with van der Waals surface area (Å²) in [5, 5.41) is 13.4. The van der Waals surface area contributed by atoms with E-state index in [4.69, 9.17) is 4.74 Å². The van der Waals surface area contributed by atoms with Gasteiger partial charge in [0.2, 0.25) is 5.91 Å². The quantitative estimate of drug-likeness (QED) is 0.561. The highest BCUT2D eigenvalue weighted by Gasteiger charge is 2.32. The fourth-order valence-corrected chi connectivity index (χ4v) is 5.16. The molecule has 1 aromatic carbocycles. The van der Waals surface area contributed by atoms with Crippen molar-refractivity contribution in [1.82, 2.24) is 24.9 Å². The van der Waals surface area contributed by atoms with Crippen LogP contribution < -0.4 is 14.5 Å². The van der Waals surface area contributed by atoms with Crippen molar-refractivity contribution in [1.29, 1.82) is 0 Å². The van der Waals surface area contributed by atoms with Crippen molar-refractivity contribution < 1.29 is 9.53 Å². The Morgan fingerprint density at radius 2 is 1.69 bits per heavy atom. The maximum absolute atomic E-state index is 13.4. The molecule has 2 saturated heterocycles. The predicted octanol–water partition coefficient (Wildman–Crippen LogP) is 2.85. The SMILES string of the molecule is COc1ccccc1N1CCN(C(=O)C2CCCN(c3ccc(-n4nc(C)cc4C)nn3)C2)CC1. The third-order valence-corrected chi connectivity index (χ3v) is 6.97. The highest BCUT2D eigenvalue weighted by Crippen LogP contribution is 2.29. The van der Waals surface area contributed by atoms with E-state index in [1.807, 2.05) is 55.1 Å². The number of carbonyl (C=O) groups is 1. The number of hydrogen-bond donors (Lipinski definition) is 0. The summed E-state index contributed by atoms with van der Waals surface area (Å²) in [4.78, 5) is 19.9. The molecular formula is C26H33N7O2. The average Bonchev–Trinajstić information content (AvgIpc) is 3.26. The summed E-state index contributed by atoms with van der Waals surface area (Å²) in [6, 6.07) is 14.0. The van der Waals surface area contributed by atoms with E-state index in [2.05, 4.69) is 31.2 Å². The molecule has 9 heteroatoms. The van der Waals surface area contributed by atoms with Gasteiger partial charge >= 0.3 is 0 Å². The predicted molar refractivity (Wildman–Crippen MR) is 135 cm³/mol. The number of rotatable bonds is 5. The zero-order valence-electron chi connectivity index (χ0n) is 20.7. The largest absolute Gasteiger partial charge is 0.495 e. The van der Waals surface area contributed by atoms with Crippen molar-refractivity contribution in [2.45, 2.75) is 26.7 Å². The third-order valence-electron chi connectivity index (χ3n) is 6.97. The molecule has 0 saturated carbocycles. The average molecular weight is 476 g/mol. The molecular weight excluding hydrogens is 442 g/mol. The van der Waals surface area contributed by atoms with Gasteiger partial charge in [-0.05, 0) is 57.0 Å². The van der Waals surface area contributed by atoms with Crippen LogP contribution in [0.1, 0.15) is 24.2 Å². The van der Waals surface area contributed by atoms with E-state index in [1.165, 1.54) is 0 Å². The van der Waals surface area contributed by atoms with Gasteiger partial charge in [0.05, 0.1) is 24.4 Å². The maximum atomic E-state index is 13.4. The van der Waals surface area contributed by atoms with Gasteiger partial charge in [-0.1, -0.05) is 12.1 Å². The fraction of sp³-hybridized carbons (Fsp3) is 0.462. The first-order chi connectivity index (χ1) is 17.0. The van der Waals surface area contributed by atoms with E-state index in [0.717, 1.165) is 74.2 Å². The van der Waals surface area contributed by atoms with E-state index in [1.54, 1.807) is 11.8 Å². The molecule has 2 aliphatic rings. The molecule has 4 heterocycles. The Balaban J connectivity index is 1.20. The molecule has 0 aliphatic carbocycles. The summed E-state index contributed by atoms with van der Waals surface area (Å²) in [6.45, 7) is 8.61. The lowest BCUT2D eigenvalue weighted by Crippen LogP contribution is -2.52. The summed E-state index contributed by atoms with van der Waals surface area (Å²) >= 11 is 0. The number of carbonyl (C=O) groups excluding carboxylic acids is 1. The standard InChI is InChI=1S/C26H33N7O2/c1-19-17-20(2)33(29-19)25-11-10-24(27-28-25)32-12-6-7-21(18-32)26(34)31-15-13-30(14-16-31)22-8-4-5-9-23(22)35-3/h4-5,8-11,17,21H,6-7,12-16,18H2,1-3H3. The van der Waals surface area contributed by atoms with Crippen molar-refractivity contribution in [2.24, 2.45) is 5.92 Å². The minimum absolute atomic E-state index is 0.0148. The minimum atomic E-state index is -0.0148. The Kier molecular flexibility index (Phi) is 6.57. The number of piperazine rings is 1. The van der Waals surface area contributed by atoms with Crippen LogP contribution in [0.2, 0.25) is 0 Å². The Bertz CT molecular complexity index is 1170. The lowest BCUT2D eigenvalue weighted by atomic mass is 9.96. The first kappa shape index (κ1) is 23.1. The third kappa shape index (κ3) is 4.80. The highest BCUT2D eigenvalue weighted by molar-refractivity contribution is 5.80. The second-order valence-electron chi connectivity index (χ2n) is 9.36. The molecule has 1 unspecified atom stereocenters. The van der Waals surface area contributed by atoms with Crippen LogP contribution in [0.25, 0.3) is 5.82 Å². The second-order valence-corrected chi connectivity index (χ2v) is 9.36. The van der Waals surface area contributed by atoms with E-state index >= 15 is 0 Å². The van der Waals surface area contributed by atoms with E-state index in [-0.39, 0.29) is 11.8 Å². The minimum Gasteiger partial charge on any atom is -0.495 e. The number of ether oxygens (including phenoxy) is 1. The van der Waals surface area contributed by atoms with Gasteiger partial charge in [-0.15, -0.1) is 10.2 Å². The zero-order chi connectivity index (χ0) is 24.4. The van der Waals surface area contributed by atoms with Gasteiger partial charge in [-0.3, -0.25) is 4.79 Å². The van der Waals surface area contributed by atoms with E-state index < -0.39 is 0 Å². The van der Waals surface area contributed by atoms with Crippen LogP contribution in [0, 0.1) is 19.8 Å². The summed E-state index contributed by atoms with van der Waals surface area (Å²) < 4.78 is 7.32. The molecule has 1 amide bonds. The smallest absolute Gasteiger partial charge is 0.227 e. The number of para-hydroxylation sites is 2. The van der Waals surface area contributed by atoms with Crippen molar-refractivity contribution >= 4 is 17.4 Å². The van der Waals surface area contributed by atoms with Crippen LogP contribution >= 0.6 is 0 Å². The molecule has 0 spiro atoms. The molecule has 9 nitrogen and oxygen atoms in total. The van der Waals surface area contributed by atoms with Crippen LogP contribution in [0.4, 0.5) is 11.5 Å². The molecule has 184 valence electrons. The second kappa shape index (κ2) is 9.93. The van der Waals surface area contributed by atoms with E-state index in [9.17, 15) is 4.79 Å². The summed E-state index contributed by atoms with van der Waals surface area (Å²) in [7, 11) is 1.70. The molecule has 2 aliphatic heterocycles. The van der Waals surface area contributed by atoms with Gasteiger partial charge in [-0.25, -0.2) is 4.68 Å². The molecule has 2 fully saturated rings. The van der Waals surface area contributed by atoms with Crippen LogP contribution in [-0.2, 0) is 4.79 Å². The molecule has 0 bridgehead atoms. The Hall–Kier alpha value is -3.62. The number of methoxy groups -OCH3 is 1. The van der Waals surface area contributed by atoms with Crippen molar-refractivity contribution in [2.75, 3.05) is 56.2 Å². The fourth-order valence-electron chi connectivity index (χ4n) is 5.16. The molecule has 0 N–H and O–H groups in total. The van der Waals surface area contributed by atoms with Crippen molar-refractivity contribution in [3.05, 3.63) is 53.9 Å². The summed E-state index contributed by atoms with van der Waals surface area (Å²) in [5.41, 5.74) is 3.07. The van der Waals surface area contributed by atoms with Gasteiger partial charge in [0.1, 0.15) is 5.75 Å². The number of benzene rings is 1. The lowest BCUT2D eigenvalue weighted by Gasteiger charge is -2.40. The number of nitrogens with zero attached hydrogens (tertiary/aromatic N) is 7. The Labute approximate surface area is 206 Å². The van der Waals surface area contributed by atoms with Gasteiger partial charge in [0.15, 0.2) is 11.6 Å². The Morgan fingerprint density at radius 3 is 2.37 bits per heavy atom. The number of hydrogen-bond acceptors (Lipinski definition) is 7. The first-order valence-corrected chi connectivity index (χ1v) is 12.3. The van der Waals surface area contributed by atoms with Crippen LogP contribution in [0.15, 0.2) is 42.5 Å². The van der Waals surface area contributed by atoms with Crippen LogP contribution in [0.3, 0.4) is 0 Å². The molecule has 35 heavy (non-hydrogen) atoms.